The van der Waals surface area contributed by atoms with Crippen molar-refractivity contribution in [3.05, 3.63) is 28.8 Å². The van der Waals surface area contributed by atoms with E-state index in [0.29, 0.717) is 5.02 Å². The molecule has 0 aliphatic carbocycles. The maximum atomic E-state index is 12.0. The third-order valence-electron chi connectivity index (χ3n) is 4.75. The second kappa shape index (κ2) is 7.06. The highest BCUT2D eigenvalue weighted by Gasteiger charge is 2.51. The molecule has 1 aliphatic heterocycles. The van der Waals surface area contributed by atoms with Gasteiger partial charge in [-0.05, 0) is 72.5 Å². The van der Waals surface area contributed by atoms with Crippen molar-refractivity contribution in [1.82, 2.24) is 5.32 Å². The van der Waals surface area contributed by atoms with Gasteiger partial charge in [0.25, 0.3) is 0 Å². The first-order valence-electron chi connectivity index (χ1n) is 8.86. The zero-order chi connectivity index (χ0) is 19.9. The fourth-order valence-corrected chi connectivity index (χ4v) is 2.94. The zero-order valence-corrected chi connectivity index (χ0v) is 17.7. The molecule has 1 amide bonds. The van der Waals surface area contributed by atoms with Crippen molar-refractivity contribution in [2.24, 2.45) is 0 Å². The molecule has 1 aliphatic rings. The summed E-state index contributed by atoms with van der Waals surface area (Å²) < 4.78 is 17.4. The van der Waals surface area contributed by atoms with E-state index in [1.54, 1.807) is 0 Å². The van der Waals surface area contributed by atoms with Crippen LogP contribution in [-0.2, 0) is 14.0 Å². The topological polar surface area (TPSA) is 56.8 Å². The Balaban J connectivity index is 2.11. The third-order valence-corrected chi connectivity index (χ3v) is 5.08. The molecular weight excluding hydrogens is 352 g/mol. The van der Waals surface area contributed by atoms with Crippen molar-refractivity contribution in [3.8, 4) is 0 Å². The van der Waals surface area contributed by atoms with Gasteiger partial charge in [-0.1, -0.05) is 23.7 Å². The highest BCUT2D eigenvalue weighted by molar-refractivity contribution is 6.62. The van der Waals surface area contributed by atoms with Crippen LogP contribution in [0.3, 0.4) is 0 Å². The van der Waals surface area contributed by atoms with Crippen molar-refractivity contribution < 1.29 is 18.8 Å². The van der Waals surface area contributed by atoms with Crippen LogP contribution in [0.25, 0.3) is 0 Å². The van der Waals surface area contributed by atoms with Crippen LogP contribution in [0.5, 0.6) is 0 Å². The first-order valence-corrected chi connectivity index (χ1v) is 9.24. The summed E-state index contributed by atoms with van der Waals surface area (Å²) in [5, 5.41) is 3.34. The lowest BCUT2D eigenvalue weighted by molar-refractivity contribution is 0.00578. The highest BCUT2D eigenvalue weighted by Crippen LogP contribution is 2.36. The molecule has 0 spiro atoms. The molecule has 1 aromatic carbocycles. The minimum atomic E-state index is -0.547. The normalized spacial score (nSPS) is 20.0. The molecule has 144 valence electrons. The third kappa shape index (κ3) is 4.73. The van der Waals surface area contributed by atoms with E-state index in [1.165, 1.54) is 0 Å². The van der Waals surface area contributed by atoms with E-state index in [4.69, 9.17) is 25.6 Å². The molecule has 1 fully saturated rings. The van der Waals surface area contributed by atoms with Crippen molar-refractivity contribution >= 4 is 30.3 Å². The van der Waals surface area contributed by atoms with Gasteiger partial charge < -0.3 is 19.4 Å². The standard InChI is InChI=1S/C19H29BClNO4/c1-12(22-16(23)24-17(2,3)4)14-10-9-13(11-15(14)21)20-25-18(5,6)19(7,8)26-20/h9-12H,1-8H3,(H,22,23)/t12-/m1/s1. The summed E-state index contributed by atoms with van der Waals surface area (Å²) in [6.45, 7) is 15.4. The lowest BCUT2D eigenvalue weighted by Crippen LogP contribution is -2.41. The molecule has 26 heavy (non-hydrogen) atoms. The van der Waals surface area contributed by atoms with Crippen LogP contribution in [0.1, 0.15) is 67.0 Å². The quantitative estimate of drug-likeness (QED) is 0.796. The Hall–Kier alpha value is -1.24. The average Bonchev–Trinajstić information content (AvgIpc) is 2.64. The molecule has 1 atom stereocenters. The summed E-state index contributed by atoms with van der Waals surface area (Å²) >= 11 is 6.46. The first-order chi connectivity index (χ1) is 11.7. The van der Waals surface area contributed by atoms with Crippen LogP contribution in [0, 0.1) is 0 Å². The molecule has 2 rings (SSSR count). The molecular formula is C19H29BClNO4. The predicted octanol–water partition coefficient (Wildman–Crippen LogP) is 4.22. The summed E-state index contributed by atoms with van der Waals surface area (Å²) in [6.07, 6.45) is -0.476. The SMILES string of the molecule is C[C@@H](NC(=O)OC(C)(C)C)c1ccc(B2OC(C)(C)C(C)(C)O2)cc1Cl. The number of ether oxygens (including phenoxy) is 1. The molecule has 0 saturated carbocycles. The average molecular weight is 382 g/mol. The summed E-state index contributed by atoms with van der Waals surface area (Å²) in [6, 6.07) is 5.33. The number of carbonyl (C=O) groups is 1. The minimum absolute atomic E-state index is 0.287. The van der Waals surface area contributed by atoms with E-state index in [9.17, 15) is 4.79 Å². The van der Waals surface area contributed by atoms with Gasteiger partial charge >= 0.3 is 13.2 Å². The van der Waals surface area contributed by atoms with Gasteiger partial charge in [-0.3, -0.25) is 0 Å². The number of hydrogen-bond acceptors (Lipinski definition) is 4. The van der Waals surface area contributed by atoms with E-state index in [2.05, 4.69) is 5.32 Å². The van der Waals surface area contributed by atoms with Gasteiger partial charge in [0.2, 0.25) is 0 Å². The van der Waals surface area contributed by atoms with Gasteiger partial charge in [0.1, 0.15) is 5.60 Å². The van der Waals surface area contributed by atoms with Crippen LogP contribution in [0.15, 0.2) is 18.2 Å². The summed E-state index contributed by atoms with van der Waals surface area (Å²) in [4.78, 5) is 12.0. The van der Waals surface area contributed by atoms with Gasteiger partial charge in [-0.15, -0.1) is 0 Å². The second-order valence-corrected chi connectivity index (χ2v) is 9.14. The van der Waals surface area contributed by atoms with E-state index in [-0.39, 0.29) is 6.04 Å². The molecule has 0 bridgehead atoms. The number of hydrogen-bond donors (Lipinski definition) is 1. The Kier molecular flexibility index (Phi) is 5.72. The minimum Gasteiger partial charge on any atom is -0.444 e. The number of benzene rings is 1. The molecule has 1 saturated heterocycles. The number of nitrogens with one attached hydrogen (secondary N) is 1. The maximum Gasteiger partial charge on any atom is 0.494 e. The van der Waals surface area contributed by atoms with Crippen molar-refractivity contribution in [2.75, 3.05) is 0 Å². The van der Waals surface area contributed by atoms with E-state index >= 15 is 0 Å². The monoisotopic (exact) mass is 381 g/mol. The lowest BCUT2D eigenvalue weighted by atomic mass is 9.78. The Morgan fingerprint density at radius 3 is 2.19 bits per heavy atom. The Bertz CT molecular complexity index is 669. The van der Waals surface area contributed by atoms with Crippen LogP contribution in [-0.4, -0.2) is 30.0 Å². The van der Waals surface area contributed by atoms with Gasteiger partial charge in [0.15, 0.2) is 0 Å². The molecule has 0 radical (unpaired) electrons. The maximum absolute atomic E-state index is 12.0. The van der Waals surface area contributed by atoms with Gasteiger partial charge in [-0.2, -0.15) is 0 Å². The smallest absolute Gasteiger partial charge is 0.444 e. The second-order valence-electron chi connectivity index (χ2n) is 8.74. The van der Waals surface area contributed by atoms with E-state index in [1.807, 2.05) is 73.6 Å². The predicted molar refractivity (Wildman–Crippen MR) is 105 cm³/mol. The summed E-state index contributed by atoms with van der Waals surface area (Å²) in [7, 11) is -0.472. The van der Waals surface area contributed by atoms with Gasteiger partial charge in [0.05, 0.1) is 17.2 Å². The van der Waals surface area contributed by atoms with Crippen molar-refractivity contribution in [3.63, 3.8) is 0 Å². The summed E-state index contributed by atoms with van der Waals surface area (Å²) in [5.74, 6) is 0. The molecule has 0 unspecified atom stereocenters. The Morgan fingerprint density at radius 2 is 1.73 bits per heavy atom. The molecule has 1 N–H and O–H groups in total. The molecule has 7 heteroatoms. The number of rotatable bonds is 3. The first kappa shape index (κ1) is 21.1. The Morgan fingerprint density at radius 1 is 1.19 bits per heavy atom. The van der Waals surface area contributed by atoms with E-state index < -0.39 is 30.0 Å². The van der Waals surface area contributed by atoms with Crippen LogP contribution in [0.4, 0.5) is 4.79 Å². The number of alkyl carbamates (subject to hydrolysis) is 1. The zero-order valence-electron chi connectivity index (χ0n) is 16.9. The number of amides is 1. The van der Waals surface area contributed by atoms with Gasteiger partial charge in [0, 0.05) is 5.02 Å². The van der Waals surface area contributed by atoms with Crippen LogP contribution in [0.2, 0.25) is 5.02 Å². The van der Waals surface area contributed by atoms with Gasteiger partial charge in [-0.25, -0.2) is 4.79 Å². The fraction of sp³-hybridized carbons (Fsp3) is 0.632. The van der Waals surface area contributed by atoms with Crippen LogP contribution >= 0.6 is 11.6 Å². The Labute approximate surface area is 161 Å². The van der Waals surface area contributed by atoms with Crippen molar-refractivity contribution in [1.29, 1.82) is 0 Å². The fourth-order valence-electron chi connectivity index (χ4n) is 2.58. The molecule has 5 nitrogen and oxygen atoms in total. The summed E-state index contributed by atoms with van der Waals surface area (Å²) in [5.41, 5.74) is 0.288. The number of halogens is 1. The number of carbonyl (C=O) groups excluding carboxylic acids is 1. The molecule has 0 aromatic heterocycles. The molecule has 1 heterocycles. The molecule has 1 aromatic rings. The van der Waals surface area contributed by atoms with Crippen LogP contribution < -0.4 is 10.8 Å². The lowest BCUT2D eigenvalue weighted by Gasteiger charge is -2.32. The van der Waals surface area contributed by atoms with Crippen molar-refractivity contribution in [2.45, 2.75) is 78.2 Å². The largest absolute Gasteiger partial charge is 0.494 e. The van der Waals surface area contributed by atoms with E-state index in [0.717, 1.165) is 11.0 Å². The highest BCUT2D eigenvalue weighted by atomic mass is 35.5.